The summed E-state index contributed by atoms with van der Waals surface area (Å²) in [5.74, 6) is -1.31. The summed E-state index contributed by atoms with van der Waals surface area (Å²) >= 11 is 0. The number of β-lactam (4-membered cyclic amide) rings is 2. The van der Waals surface area contributed by atoms with Gasteiger partial charge < -0.3 is 29.0 Å². The van der Waals surface area contributed by atoms with Gasteiger partial charge in [0.25, 0.3) is 5.91 Å². The molecule has 0 radical (unpaired) electrons. The molecule has 1 aromatic heterocycles. The predicted octanol–water partition coefficient (Wildman–Crippen LogP) is 3.93. The van der Waals surface area contributed by atoms with Gasteiger partial charge in [0, 0.05) is 62.5 Å². The number of methoxy groups -OCH3 is 1. The lowest BCUT2D eigenvalue weighted by Gasteiger charge is -2.39. The SMILES string of the molecule is COc1ccc([Si](C)(C)[C@@H]2[C@@H](CCn3cc(CCO)nn3)O[C@]3(C(=O)N(Cc4cccc(N5C(=O)CC5OC(C)=O)c4)c4ccc(N5C(=O)CC5OC(C)=O)cc43)[C@H]2C)cc1. The van der Waals surface area contributed by atoms with Crippen molar-refractivity contribution in [3.8, 4) is 5.75 Å². The molecule has 0 aliphatic carbocycles. The third-order valence-electron chi connectivity index (χ3n) is 12.6. The Kier molecular flexibility index (Phi) is 11.1. The molecule has 4 aliphatic heterocycles. The summed E-state index contributed by atoms with van der Waals surface area (Å²) in [4.78, 5) is 69.9. The number of aromatic nitrogens is 3. The van der Waals surface area contributed by atoms with E-state index in [1.807, 2.05) is 42.6 Å². The number of carbonyl (C=O) groups excluding carboxylic acids is 5. The molecule has 3 aromatic carbocycles. The quantitative estimate of drug-likeness (QED) is 0.110. The summed E-state index contributed by atoms with van der Waals surface area (Å²) in [6.45, 7) is 9.79. The van der Waals surface area contributed by atoms with Crippen molar-refractivity contribution in [3.05, 3.63) is 89.7 Å². The van der Waals surface area contributed by atoms with Gasteiger partial charge in [0.05, 0.1) is 52.1 Å². The van der Waals surface area contributed by atoms with E-state index in [1.165, 1.54) is 23.6 Å². The molecule has 3 saturated heterocycles. The van der Waals surface area contributed by atoms with E-state index in [1.54, 1.807) is 34.9 Å². The zero-order valence-electron chi connectivity index (χ0n) is 35.1. The summed E-state index contributed by atoms with van der Waals surface area (Å²) in [6, 6.07) is 20.8. The maximum atomic E-state index is 15.6. The van der Waals surface area contributed by atoms with E-state index < -0.39 is 44.2 Å². The first-order valence-corrected chi connectivity index (χ1v) is 23.6. The summed E-state index contributed by atoms with van der Waals surface area (Å²) in [5, 5.41) is 19.2. The van der Waals surface area contributed by atoms with Crippen molar-refractivity contribution in [1.29, 1.82) is 0 Å². The molecule has 3 fully saturated rings. The van der Waals surface area contributed by atoms with Crippen molar-refractivity contribution in [2.45, 2.75) is 102 Å². The summed E-state index contributed by atoms with van der Waals surface area (Å²) < 4.78 is 25.5. The summed E-state index contributed by atoms with van der Waals surface area (Å²) in [5.41, 5.74) is 2.02. The number of fused-ring (bicyclic) bond motifs is 2. The highest BCUT2D eigenvalue weighted by atomic mass is 28.3. The third kappa shape index (κ3) is 7.37. The number of amides is 3. The highest BCUT2D eigenvalue weighted by molar-refractivity contribution is 6.91. The van der Waals surface area contributed by atoms with Crippen LogP contribution < -0.4 is 24.6 Å². The minimum atomic E-state index is -2.53. The second-order valence-corrected chi connectivity index (χ2v) is 21.4. The lowest BCUT2D eigenvalue weighted by atomic mass is 9.82. The van der Waals surface area contributed by atoms with Crippen LogP contribution in [-0.2, 0) is 63.3 Å². The number of anilines is 3. The van der Waals surface area contributed by atoms with Crippen LogP contribution in [0.4, 0.5) is 17.1 Å². The maximum absolute atomic E-state index is 15.6. The monoisotopic (exact) mass is 850 g/mol. The van der Waals surface area contributed by atoms with Crippen molar-refractivity contribution >= 4 is 60.0 Å². The number of hydrogen-bond donors (Lipinski definition) is 1. The van der Waals surface area contributed by atoms with E-state index in [0.29, 0.717) is 47.7 Å². The molecule has 5 heterocycles. The average Bonchev–Trinajstić information content (AvgIpc) is 3.86. The molecule has 8 rings (SSSR count). The molecule has 4 aromatic rings. The Morgan fingerprint density at radius 1 is 0.918 bits per heavy atom. The van der Waals surface area contributed by atoms with Crippen LogP contribution in [0.15, 0.2) is 72.9 Å². The van der Waals surface area contributed by atoms with E-state index in [9.17, 15) is 24.3 Å². The fourth-order valence-electron chi connectivity index (χ4n) is 9.77. The van der Waals surface area contributed by atoms with Crippen molar-refractivity contribution in [3.63, 3.8) is 0 Å². The number of nitrogens with zero attached hydrogens (tertiary/aromatic N) is 6. The number of benzene rings is 3. The van der Waals surface area contributed by atoms with Crippen LogP contribution in [-0.4, -0.2) is 90.1 Å². The number of aliphatic hydroxyl groups is 1. The van der Waals surface area contributed by atoms with Gasteiger partial charge in [0.15, 0.2) is 18.1 Å². The number of ether oxygens (including phenoxy) is 4. The fraction of sp³-hybridized carbons (Fsp3) is 0.432. The number of rotatable bonds is 14. The second kappa shape index (κ2) is 16.2. The van der Waals surface area contributed by atoms with E-state index in [0.717, 1.165) is 16.5 Å². The molecule has 61 heavy (non-hydrogen) atoms. The standard InChI is InChI=1S/C44H50N6O10Si/c1-26-42(61(5,6)34-13-11-33(57-4)12-14-34)37(16-18-47-25-30(17-19-51)45-46-47)60-44(26)35-21-32(50-39(55)23-41(50)59-28(3)53)10-15-36(35)48(43(44)56)24-29-8-7-9-31(20-29)49-38(54)22-40(49)58-27(2)52/h7-15,20-21,25-26,37,40-42,51H,16-19,22-24H2,1-6H3/t26-,37+,40?,41?,42-,44+/m0/s1. The Morgan fingerprint density at radius 2 is 1.57 bits per heavy atom. The zero-order valence-corrected chi connectivity index (χ0v) is 36.1. The van der Waals surface area contributed by atoms with Gasteiger partial charge in [-0.05, 0) is 60.0 Å². The molecule has 1 spiro atoms. The van der Waals surface area contributed by atoms with E-state index in [2.05, 4.69) is 42.5 Å². The maximum Gasteiger partial charge on any atom is 0.304 e. The van der Waals surface area contributed by atoms with Gasteiger partial charge in [0.1, 0.15) is 5.75 Å². The summed E-state index contributed by atoms with van der Waals surface area (Å²) in [6.07, 6.45) is 0.902. The average molecular weight is 851 g/mol. The highest BCUT2D eigenvalue weighted by Gasteiger charge is 2.66. The molecule has 2 unspecified atom stereocenters. The first-order valence-electron chi connectivity index (χ1n) is 20.5. The largest absolute Gasteiger partial charge is 0.497 e. The number of aliphatic hydroxyl groups excluding tert-OH is 1. The fourth-order valence-corrected chi connectivity index (χ4v) is 13.8. The number of hydrogen-bond acceptors (Lipinski definition) is 12. The normalized spacial score (nSPS) is 24.5. The molecule has 4 aliphatic rings. The second-order valence-electron chi connectivity index (χ2n) is 16.7. The van der Waals surface area contributed by atoms with Gasteiger partial charge in [-0.25, -0.2) is 0 Å². The van der Waals surface area contributed by atoms with Crippen LogP contribution in [0.25, 0.3) is 0 Å². The van der Waals surface area contributed by atoms with Crippen LogP contribution in [0.3, 0.4) is 0 Å². The number of esters is 2. The third-order valence-corrected chi connectivity index (χ3v) is 17.0. The Hall–Kier alpha value is -5.91. The lowest BCUT2D eigenvalue weighted by molar-refractivity contribution is -0.155. The van der Waals surface area contributed by atoms with E-state index >= 15 is 4.79 Å². The van der Waals surface area contributed by atoms with Gasteiger partial charge in [-0.3, -0.25) is 38.5 Å². The lowest BCUT2D eigenvalue weighted by Crippen LogP contribution is -2.55. The van der Waals surface area contributed by atoms with Gasteiger partial charge >= 0.3 is 11.9 Å². The van der Waals surface area contributed by atoms with Gasteiger partial charge in [-0.1, -0.05) is 54.7 Å². The first kappa shape index (κ1) is 41.8. The van der Waals surface area contributed by atoms with Gasteiger partial charge in [-0.2, -0.15) is 0 Å². The van der Waals surface area contributed by atoms with Crippen molar-refractivity contribution in [2.75, 3.05) is 28.4 Å². The highest BCUT2D eigenvalue weighted by Crippen LogP contribution is 2.61. The molecular weight excluding hydrogens is 801 g/mol. The molecule has 0 bridgehead atoms. The van der Waals surface area contributed by atoms with Crippen LogP contribution in [0.1, 0.15) is 56.9 Å². The zero-order chi connectivity index (χ0) is 43.4. The van der Waals surface area contributed by atoms with Crippen LogP contribution in [0.5, 0.6) is 5.75 Å². The van der Waals surface area contributed by atoms with Crippen LogP contribution >= 0.6 is 0 Å². The topological polar surface area (TPSA) is 183 Å². The van der Waals surface area contributed by atoms with Crippen LogP contribution in [0, 0.1) is 5.92 Å². The summed E-state index contributed by atoms with van der Waals surface area (Å²) in [7, 11) is -0.903. The predicted molar refractivity (Wildman–Crippen MR) is 224 cm³/mol. The minimum absolute atomic E-state index is 0.0437. The molecular formula is C44H50N6O10Si. The van der Waals surface area contributed by atoms with E-state index in [4.69, 9.17) is 18.9 Å². The molecule has 17 heteroatoms. The van der Waals surface area contributed by atoms with Crippen molar-refractivity contribution < 1.29 is 48.0 Å². The molecule has 320 valence electrons. The molecule has 0 saturated carbocycles. The smallest absolute Gasteiger partial charge is 0.304 e. The number of carbonyl (C=O) groups is 5. The molecule has 6 atom stereocenters. The minimum Gasteiger partial charge on any atom is -0.497 e. The molecule has 16 nitrogen and oxygen atoms in total. The van der Waals surface area contributed by atoms with Gasteiger partial charge in [0.2, 0.25) is 11.8 Å². The van der Waals surface area contributed by atoms with Gasteiger partial charge in [-0.15, -0.1) is 5.10 Å². The Bertz CT molecular complexity index is 2390. The number of aryl methyl sites for hydroxylation is 1. The Morgan fingerprint density at radius 3 is 2.18 bits per heavy atom. The Labute approximate surface area is 354 Å². The molecule has 1 N–H and O–H groups in total. The van der Waals surface area contributed by atoms with Crippen molar-refractivity contribution in [1.82, 2.24) is 15.0 Å². The van der Waals surface area contributed by atoms with Crippen LogP contribution in [0.2, 0.25) is 18.6 Å². The van der Waals surface area contributed by atoms with Crippen molar-refractivity contribution in [2.24, 2.45) is 5.92 Å². The Balaban J connectivity index is 1.21. The van der Waals surface area contributed by atoms with E-state index in [-0.39, 0.29) is 55.2 Å². The first-order chi connectivity index (χ1) is 29.2. The molecule has 3 amide bonds.